The first-order chi connectivity index (χ1) is 13.2. The van der Waals surface area contributed by atoms with Gasteiger partial charge in [0.2, 0.25) is 0 Å². The molecule has 2 aliphatic rings. The van der Waals surface area contributed by atoms with E-state index in [1.54, 1.807) is 0 Å². The molecule has 27 heavy (non-hydrogen) atoms. The number of ether oxygens (including phenoxy) is 1. The SMILES string of the molecule is O=C(O)Cc1ccc2c(c1)C(=CCCN1CCCC1)c1ccccc1CO2. The Hall–Kier alpha value is -2.59. The average molecular weight is 363 g/mol. The standard InChI is InChI=1S/C23H25NO3/c25-23(26)15-17-9-10-22-21(14-17)20(8-5-13-24-11-3-4-12-24)19-7-2-1-6-18(19)16-27-22/h1-2,6-10,14H,3-5,11-13,15-16H2,(H,25,26). The van der Waals surface area contributed by atoms with Crippen LogP contribution < -0.4 is 4.74 Å². The minimum atomic E-state index is -0.815. The molecule has 2 aromatic rings. The van der Waals surface area contributed by atoms with Crippen molar-refractivity contribution in [3.63, 3.8) is 0 Å². The molecule has 0 aliphatic carbocycles. The van der Waals surface area contributed by atoms with Crippen LogP contribution in [0.5, 0.6) is 5.75 Å². The number of hydrogen-bond acceptors (Lipinski definition) is 3. The molecular formula is C23H25NO3. The molecular weight excluding hydrogens is 338 g/mol. The lowest BCUT2D eigenvalue weighted by molar-refractivity contribution is -0.136. The number of benzene rings is 2. The summed E-state index contributed by atoms with van der Waals surface area (Å²) in [5.41, 5.74) is 5.31. The van der Waals surface area contributed by atoms with Gasteiger partial charge < -0.3 is 14.7 Å². The van der Waals surface area contributed by atoms with E-state index in [1.807, 2.05) is 24.3 Å². The van der Waals surface area contributed by atoms with Crippen LogP contribution in [0.3, 0.4) is 0 Å². The van der Waals surface area contributed by atoms with Gasteiger partial charge >= 0.3 is 5.97 Å². The van der Waals surface area contributed by atoms with E-state index < -0.39 is 5.97 Å². The molecule has 2 aliphatic heterocycles. The number of likely N-dealkylation sites (tertiary alicyclic amines) is 1. The topological polar surface area (TPSA) is 49.8 Å². The van der Waals surface area contributed by atoms with Crippen molar-refractivity contribution in [3.05, 3.63) is 70.8 Å². The predicted octanol–water partition coefficient (Wildman–Crippen LogP) is 4.12. The first-order valence-electron chi connectivity index (χ1n) is 9.69. The summed E-state index contributed by atoms with van der Waals surface area (Å²) in [5, 5.41) is 9.16. The summed E-state index contributed by atoms with van der Waals surface area (Å²) < 4.78 is 6.05. The van der Waals surface area contributed by atoms with E-state index in [2.05, 4.69) is 29.2 Å². The number of carboxylic acids is 1. The summed E-state index contributed by atoms with van der Waals surface area (Å²) in [6.07, 6.45) is 5.90. The number of fused-ring (bicyclic) bond motifs is 2. The molecule has 1 fully saturated rings. The summed E-state index contributed by atoms with van der Waals surface area (Å²) in [6.45, 7) is 3.99. The van der Waals surface area contributed by atoms with Crippen LogP contribution in [0.4, 0.5) is 0 Å². The maximum absolute atomic E-state index is 11.2. The van der Waals surface area contributed by atoms with Crippen LogP contribution >= 0.6 is 0 Å². The number of carboxylic acid groups (broad SMARTS) is 1. The van der Waals surface area contributed by atoms with Gasteiger partial charge in [0, 0.05) is 12.1 Å². The lowest BCUT2D eigenvalue weighted by Gasteiger charge is -2.15. The molecule has 4 nitrogen and oxygen atoms in total. The van der Waals surface area contributed by atoms with Gasteiger partial charge in [-0.2, -0.15) is 0 Å². The molecule has 0 radical (unpaired) electrons. The van der Waals surface area contributed by atoms with Gasteiger partial charge in [-0.05, 0) is 66.7 Å². The Morgan fingerprint density at radius 2 is 1.93 bits per heavy atom. The number of hydrogen-bond donors (Lipinski definition) is 1. The summed E-state index contributed by atoms with van der Waals surface area (Å²) >= 11 is 0. The Labute approximate surface area is 160 Å². The second-order valence-corrected chi connectivity index (χ2v) is 7.30. The molecule has 2 aromatic carbocycles. The van der Waals surface area contributed by atoms with E-state index >= 15 is 0 Å². The van der Waals surface area contributed by atoms with Crippen molar-refractivity contribution >= 4 is 11.5 Å². The third-order valence-corrected chi connectivity index (χ3v) is 5.37. The van der Waals surface area contributed by atoms with E-state index in [0.717, 1.165) is 35.4 Å². The molecule has 1 N–H and O–H groups in total. The smallest absolute Gasteiger partial charge is 0.307 e. The molecule has 0 amide bonds. The maximum Gasteiger partial charge on any atom is 0.307 e. The molecule has 0 aromatic heterocycles. The van der Waals surface area contributed by atoms with Crippen molar-refractivity contribution in [1.82, 2.24) is 4.90 Å². The molecule has 0 spiro atoms. The fraction of sp³-hybridized carbons (Fsp3) is 0.348. The van der Waals surface area contributed by atoms with Gasteiger partial charge in [-0.15, -0.1) is 0 Å². The molecule has 0 bridgehead atoms. The van der Waals surface area contributed by atoms with Crippen LogP contribution in [0.25, 0.3) is 5.57 Å². The fourth-order valence-electron chi connectivity index (χ4n) is 4.03. The van der Waals surface area contributed by atoms with Crippen molar-refractivity contribution in [1.29, 1.82) is 0 Å². The number of carbonyl (C=O) groups is 1. The van der Waals surface area contributed by atoms with Crippen LogP contribution in [-0.4, -0.2) is 35.6 Å². The van der Waals surface area contributed by atoms with Gasteiger partial charge in [-0.3, -0.25) is 4.79 Å². The van der Waals surface area contributed by atoms with E-state index in [-0.39, 0.29) is 6.42 Å². The normalized spacial score (nSPS) is 17.9. The highest BCUT2D eigenvalue weighted by atomic mass is 16.5. The van der Waals surface area contributed by atoms with E-state index in [4.69, 9.17) is 9.84 Å². The fourth-order valence-corrected chi connectivity index (χ4v) is 4.03. The second kappa shape index (κ2) is 7.97. The third-order valence-electron chi connectivity index (χ3n) is 5.37. The van der Waals surface area contributed by atoms with Crippen LogP contribution in [0.2, 0.25) is 0 Å². The lowest BCUT2D eigenvalue weighted by Crippen LogP contribution is -2.19. The third kappa shape index (κ3) is 4.06. The first kappa shape index (κ1) is 17.8. The minimum Gasteiger partial charge on any atom is -0.488 e. The van der Waals surface area contributed by atoms with Crippen molar-refractivity contribution in [2.45, 2.75) is 32.3 Å². The van der Waals surface area contributed by atoms with E-state index in [9.17, 15) is 4.79 Å². The Kier molecular flexibility index (Phi) is 5.26. The van der Waals surface area contributed by atoms with Crippen molar-refractivity contribution < 1.29 is 14.6 Å². The summed E-state index contributed by atoms with van der Waals surface area (Å²) in [4.78, 5) is 13.7. The van der Waals surface area contributed by atoms with Crippen LogP contribution in [0.1, 0.15) is 41.5 Å². The Bertz CT molecular complexity index is 866. The Morgan fingerprint density at radius 3 is 2.74 bits per heavy atom. The van der Waals surface area contributed by atoms with Crippen molar-refractivity contribution in [2.24, 2.45) is 0 Å². The van der Waals surface area contributed by atoms with Crippen LogP contribution in [0.15, 0.2) is 48.5 Å². The zero-order valence-corrected chi connectivity index (χ0v) is 15.5. The minimum absolute atomic E-state index is 0.0238. The second-order valence-electron chi connectivity index (χ2n) is 7.30. The van der Waals surface area contributed by atoms with Crippen LogP contribution in [-0.2, 0) is 17.8 Å². The highest BCUT2D eigenvalue weighted by Crippen LogP contribution is 2.37. The monoisotopic (exact) mass is 363 g/mol. The molecule has 2 heterocycles. The highest BCUT2D eigenvalue weighted by Gasteiger charge is 2.20. The van der Waals surface area contributed by atoms with Gasteiger partial charge in [0.15, 0.2) is 0 Å². The van der Waals surface area contributed by atoms with Gasteiger partial charge in [-0.1, -0.05) is 36.4 Å². The zero-order valence-electron chi connectivity index (χ0n) is 15.5. The van der Waals surface area contributed by atoms with Crippen molar-refractivity contribution in [3.8, 4) is 5.75 Å². The molecule has 4 rings (SSSR count). The first-order valence-corrected chi connectivity index (χ1v) is 9.69. The van der Waals surface area contributed by atoms with E-state index in [0.29, 0.717) is 6.61 Å². The summed E-state index contributed by atoms with van der Waals surface area (Å²) in [5.74, 6) is 0.0113. The van der Waals surface area contributed by atoms with Gasteiger partial charge in [-0.25, -0.2) is 0 Å². The molecule has 0 unspecified atom stereocenters. The summed E-state index contributed by atoms with van der Waals surface area (Å²) in [7, 11) is 0. The van der Waals surface area contributed by atoms with Crippen LogP contribution in [0, 0.1) is 0 Å². The summed E-state index contributed by atoms with van der Waals surface area (Å²) in [6, 6.07) is 14.1. The molecule has 1 saturated heterocycles. The van der Waals surface area contributed by atoms with Gasteiger partial charge in [0.1, 0.15) is 12.4 Å². The lowest BCUT2D eigenvalue weighted by atomic mass is 9.92. The Balaban J connectivity index is 1.71. The average Bonchev–Trinajstić information content (AvgIpc) is 3.12. The molecule has 0 atom stereocenters. The highest BCUT2D eigenvalue weighted by molar-refractivity contribution is 5.85. The predicted molar refractivity (Wildman–Crippen MR) is 106 cm³/mol. The molecule has 0 saturated carbocycles. The largest absolute Gasteiger partial charge is 0.488 e. The molecule has 140 valence electrons. The van der Waals surface area contributed by atoms with Crippen molar-refractivity contribution in [2.75, 3.05) is 19.6 Å². The maximum atomic E-state index is 11.2. The number of aliphatic carboxylic acids is 1. The van der Waals surface area contributed by atoms with E-state index in [1.165, 1.54) is 37.1 Å². The molecule has 4 heteroatoms. The quantitative estimate of drug-likeness (QED) is 0.868. The Morgan fingerprint density at radius 1 is 1.11 bits per heavy atom. The number of nitrogens with zero attached hydrogens (tertiary/aromatic N) is 1. The number of rotatable bonds is 5. The zero-order chi connectivity index (χ0) is 18.6. The van der Waals surface area contributed by atoms with Gasteiger partial charge in [0.05, 0.1) is 6.42 Å². The van der Waals surface area contributed by atoms with Gasteiger partial charge in [0.25, 0.3) is 0 Å².